The first-order chi connectivity index (χ1) is 10.4. The van der Waals surface area contributed by atoms with E-state index in [0.717, 1.165) is 11.3 Å². The fraction of sp³-hybridized carbons (Fsp3) is 0.0769. The first-order valence-corrected chi connectivity index (χ1v) is 6.79. The maximum Gasteiger partial charge on any atom is 0.335 e. The molecule has 0 fully saturated rings. The van der Waals surface area contributed by atoms with Gasteiger partial charge in [0, 0.05) is 10.9 Å². The standard InChI is InChI=1S/C13H10N2O6S/c16-10(17)5-9-6-22-13(15(9)21)14-11(18)7-2-1-3-8(4-7)12(19)20/h1-4,6,21H,5H2,(H,16,17)(H,19,20)/b14-13+. The van der Waals surface area contributed by atoms with Crippen molar-refractivity contribution in [3.63, 3.8) is 0 Å². The number of thiazole rings is 1. The lowest BCUT2D eigenvalue weighted by molar-refractivity contribution is -0.136. The van der Waals surface area contributed by atoms with E-state index in [1.54, 1.807) is 0 Å². The third-order valence-corrected chi connectivity index (χ3v) is 3.50. The van der Waals surface area contributed by atoms with Crippen molar-refractivity contribution < 1.29 is 29.8 Å². The van der Waals surface area contributed by atoms with E-state index in [9.17, 15) is 19.6 Å². The topological polar surface area (TPSA) is 129 Å². The zero-order valence-electron chi connectivity index (χ0n) is 11.0. The maximum absolute atomic E-state index is 12.0. The van der Waals surface area contributed by atoms with Gasteiger partial charge in [0.25, 0.3) is 5.91 Å². The number of aromatic nitrogens is 1. The molecule has 0 atom stereocenters. The predicted molar refractivity (Wildman–Crippen MR) is 74.1 cm³/mol. The Hall–Kier alpha value is -2.94. The first kappa shape index (κ1) is 15.4. The summed E-state index contributed by atoms with van der Waals surface area (Å²) in [5.74, 6) is -3.05. The Kier molecular flexibility index (Phi) is 4.37. The highest BCUT2D eigenvalue weighted by Crippen LogP contribution is 2.07. The number of carbonyl (C=O) groups is 3. The number of aliphatic carboxylic acids is 1. The molecule has 0 aliphatic carbocycles. The number of amides is 1. The summed E-state index contributed by atoms with van der Waals surface area (Å²) in [5, 5.41) is 28.7. The fourth-order valence-electron chi connectivity index (χ4n) is 1.63. The van der Waals surface area contributed by atoms with Gasteiger partial charge in [-0.1, -0.05) is 6.07 Å². The SMILES string of the molecule is O=C(O)Cc1cs/c(=N/C(=O)c2cccc(C(=O)O)c2)n1O. The summed E-state index contributed by atoms with van der Waals surface area (Å²) in [7, 11) is 0. The Morgan fingerprint density at radius 3 is 2.50 bits per heavy atom. The molecule has 22 heavy (non-hydrogen) atoms. The number of rotatable bonds is 4. The Morgan fingerprint density at radius 1 is 1.18 bits per heavy atom. The number of hydrogen-bond donors (Lipinski definition) is 3. The van der Waals surface area contributed by atoms with Crippen molar-refractivity contribution in [2.24, 2.45) is 4.99 Å². The summed E-state index contributed by atoms with van der Waals surface area (Å²) in [6.45, 7) is 0. The van der Waals surface area contributed by atoms with E-state index < -0.39 is 24.3 Å². The van der Waals surface area contributed by atoms with E-state index in [1.807, 2.05) is 0 Å². The van der Waals surface area contributed by atoms with Crippen LogP contribution in [0.5, 0.6) is 0 Å². The van der Waals surface area contributed by atoms with Crippen LogP contribution in [0.15, 0.2) is 34.6 Å². The molecule has 114 valence electrons. The number of carboxylic acid groups (broad SMARTS) is 2. The van der Waals surface area contributed by atoms with E-state index in [-0.39, 0.29) is 21.6 Å². The van der Waals surface area contributed by atoms with Gasteiger partial charge in [-0.25, -0.2) is 4.79 Å². The van der Waals surface area contributed by atoms with Crippen molar-refractivity contribution in [1.82, 2.24) is 4.73 Å². The van der Waals surface area contributed by atoms with Gasteiger partial charge in [-0.05, 0) is 18.2 Å². The van der Waals surface area contributed by atoms with Crippen LogP contribution in [-0.2, 0) is 11.2 Å². The fourth-order valence-corrected chi connectivity index (χ4v) is 2.40. The lowest BCUT2D eigenvalue weighted by atomic mass is 10.1. The molecule has 2 aromatic rings. The van der Waals surface area contributed by atoms with Crippen molar-refractivity contribution in [2.45, 2.75) is 6.42 Å². The predicted octanol–water partition coefficient (Wildman–Crippen LogP) is 0.853. The molecular formula is C13H10N2O6S. The van der Waals surface area contributed by atoms with Crippen LogP contribution in [0, 0.1) is 0 Å². The van der Waals surface area contributed by atoms with Gasteiger partial charge in [0.05, 0.1) is 17.7 Å². The number of carbonyl (C=O) groups excluding carboxylic acids is 1. The van der Waals surface area contributed by atoms with Crippen molar-refractivity contribution in [2.75, 3.05) is 0 Å². The molecule has 0 saturated heterocycles. The Labute approximate surface area is 127 Å². The normalized spacial score (nSPS) is 11.4. The number of aromatic carboxylic acids is 1. The highest BCUT2D eigenvalue weighted by Gasteiger charge is 2.12. The molecule has 8 nitrogen and oxygen atoms in total. The van der Waals surface area contributed by atoms with Crippen molar-refractivity contribution in [1.29, 1.82) is 0 Å². The monoisotopic (exact) mass is 322 g/mol. The summed E-state index contributed by atoms with van der Waals surface area (Å²) in [5.41, 5.74) is 0.0760. The van der Waals surface area contributed by atoms with Crippen LogP contribution >= 0.6 is 11.3 Å². The van der Waals surface area contributed by atoms with Gasteiger partial charge in [-0.2, -0.15) is 9.72 Å². The Morgan fingerprint density at radius 2 is 1.86 bits per heavy atom. The van der Waals surface area contributed by atoms with Crippen LogP contribution in [0.1, 0.15) is 26.4 Å². The summed E-state index contributed by atoms with van der Waals surface area (Å²) < 4.78 is 0.526. The molecule has 0 spiro atoms. The molecule has 0 bridgehead atoms. The smallest absolute Gasteiger partial charge is 0.335 e. The molecule has 1 amide bonds. The first-order valence-electron chi connectivity index (χ1n) is 5.91. The van der Waals surface area contributed by atoms with Gasteiger partial charge < -0.3 is 15.4 Å². The second-order valence-corrected chi connectivity index (χ2v) is 5.03. The molecule has 0 unspecified atom stereocenters. The minimum Gasteiger partial charge on any atom is -0.481 e. The van der Waals surface area contributed by atoms with Crippen LogP contribution in [0.4, 0.5) is 0 Å². The van der Waals surface area contributed by atoms with Crippen molar-refractivity contribution >= 4 is 29.2 Å². The van der Waals surface area contributed by atoms with Gasteiger partial charge in [0.15, 0.2) is 0 Å². The number of benzene rings is 1. The molecule has 1 aromatic heterocycles. The molecule has 0 saturated carbocycles. The van der Waals surface area contributed by atoms with Crippen LogP contribution < -0.4 is 4.80 Å². The highest BCUT2D eigenvalue weighted by atomic mass is 32.1. The molecule has 2 rings (SSSR count). The molecule has 0 aliphatic rings. The summed E-state index contributed by atoms with van der Waals surface area (Å²) in [6, 6.07) is 5.30. The zero-order valence-corrected chi connectivity index (χ0v) is 11.8. The summed E-state index contributed by atoms with van der Waals surface area (Å²) in [6.07, 6.45) is -0.411. The zero-order chi connectivity index (χ0) is 16.3. The maximum atomic E-state index is 12.0. The Bertz CT molecular complexity index is 820. The third-order valence-electron chi connectivity index (χ3n) is 2.64. The molecule has 1 aromatic carbocycles. The number of nitrogens with zero attached hydrogens (tertiary/aromatic N) is 2. The van der Waals surface area contributed by atoms with Gasteiger partial charge in [0.2, 0.25) is 4.80 Å². The summed E-state index contributed by atoms with van der Waals surface area (Å²) in [4.78, 5) is 37.0. The van der Waals surface area contributed by atoms with E-state index in [4.69, 9.17) is 10.2 Å². The average molecular weight is 322 g/mol. The van der Waals surface area contributed by atoms with E-state index in [2.05, 4.69) is 4.99 Å². The number of carboxylic acids is 2. The van der Waals surface area contributed by atoms with Gasteiger partial charge in [-0.15, -0.1) is 11.3 Å². The minimum atomic E-state index is -1.17. The lowest BCUT2D eigenvalue weighted by Gasteiger charge is -1.98. The Balaban J connectivity index is 2.35. The average Bonchev–Trinajstić information content (AvgIpc) is 2.79. The second kappa shape index (κ2) is 6.22. The second-order valence-electron chi connectivity index (χ2n) is 4.19. The van der Waals surface area contributed by atoms with Crippen molar-refractivity contribution in [3.8, 4) is 0 Å². The largest absolute Gasteiger partial charge is 0.481 e. The van der Waals surface area contributed by atoms with E-state index in [1.165, 1.54) is 29.6 Å². The quantitative estimate of drug-likeness (QED) is 0.716. The summed E-state index contributed by atoms with van der Waals surface area (Å²) >= 11 is 0.897. The lowest BCUT2D eigenvalue weighted by Crippen LogP contribution is -2.18. The van der Waals surface area contributed by atoms with Gasteiger partial charge in [-0.3, -0.25) is 9.59 Å². The molecule has 1 heterocycles. The van der Waals surface area contributed by atoms with E-state index >= 15 is 0 Å². The van der Waals surface area contributed by atoms with Crippen LogP contribution in [0.25, 0.3) is 0 Å². The number of hydrogen-bond acceptors (Lipinski definition) is 5. The molecule has 0 radical (unpaired) electrons. The molecular weight excluding hydrogens is 312 g/mol. The molecule has 3 N–H and O–H groups in total. The van der Waals surface area contributed by atoms with Gasteiger partial charge >= 0.3 is 11.9 Å². The van der Waals surface area contributed by atoms with Gasteiger partial charge in [0.1, 0.15) is 0 Å². The van der Waals surface area contributed by atoms with Crippen LogP contribution in [0.2, 0.25) is 0 Å². The van der Waals surface area contributed by atoms with E-state index in [0.29, 0.717) is 4.73 Å². The molecule has 9 heteroatoms. The third kappa shape index (κ3) is 3.38. The van der Waals surface area contributed by atoms with Crippen LogP contribution in [-0.4, -0.2) is 38.0 Å². The minimum absolute atomic E-state index is 0.0492. The molecule has 0 aliphatic heterocycles. The van der Waals surface area contributed by atoms with Crippen molar-refractivity contribution in [3.05, 3.63) is 51.3 Å². The highest BCUT2D eigenvalue weighted by molar-refractivity contribution is 7.07. The van der Waals surface area contributed by atoms with Crippen LogP contribution in [0.3, 0.4) is 0 Å².